The van der Waals surface area contributed by atoms with Crippen LogP contribution in [0, 0.1) is 6.92 Å². The second-order valence-electron chi connectivity index (χ2n) is 6.79. The first-order valence-corrected chi connectivity index (χ1v) is 9.14. The Labute approximate surface area is 172 Å². The van der Waals surface area contributed by atoms with Crippen LogP contribution in [0.5, 0.6) is 5.75 Å². The van der Waals surface area contributed by atoms with Gasteiger partial charge in [-0.1, -0.05) is 6.07 Å². The molecule has 0 aliphatic carbocycles. The van der Waals surface area contributed by atoms with Crippen LogP contribution < -0.4 is 15.4 Å². The van der Waals surface area contributed by atoms with Gasteiger partial charge >= 0.3 is 0 Å². The summed E-state index contributed by atoms with van der Waals surface area (Å²) in [5.41, 5.74) is 1.80. The van der Waals surface area contributed by atoms with Gasteiger partial charge in [0.2, 0.25) is 5.91 Å². The van der Waals surface area contributed by atoms with Crippen LogP contribution in [-0.4, -0.2) is 20.9 Å². The van der Waals surface area contributed by atoms with E-state index in [9.17, 15) is 13.6 Å². The number of nitrogens with zero attached hydrogens (tertiary/aromatic N) is 3. The van der Waals surface area contributed by atoms with Crippen LogP contribution >= 0.6 is 0 Å². The number of carbonyl (C=O) groups is 1. The van der Waals surface area contributed by atoms with Gasteiger partial charge < -0.3 is 15.4 Å². The Morgan fingerprint density at radius 3 is 2.70 bits per heavy atom. The van der Waals surface area contributed by atoms with Crippen molar-refractivity contribution in [3.05, 3.63) is 65.9 Å². The molecule has 156 valence electrons. The number of hydrogen-bond donors (Lipinski definition) is 2. The van der Waals surface area contributed by atoms with E-state index in [1.807, 2.05) is 6.07 Å². The zero-order chi connectivity index (χ0) is 21.7. The van der Waals surface area contributed by atoms with Gasteiger partial charge in [0, 0.05) is 49.3 Å². The molecule has 30 heavy (non-hydrogen) atoms. The van der Waals surface area contributed by atoms with Gasteiger partial charge in [0.15, 0.2) is 5.75 Å². The van der Waals surface area contributed by atoms with Crippen molar-refractivity contribution in [1.82, 2.24) is 15.0 Å². The summed E-state index contributed by atoms with van der Waals surface area (Å²) in [6.07, 6.45) is 4.79. The summed E-state index contributed by atoms with van der Waals surface area (Å²) in [4.78, 5) is 23.5. The normalized spacial score (nSPS) is 11.1. The highest BCUT2D eigenvalue weighted by Crippen LogP contribution is 2.33. The Morgan fingerprint density at radius 2 is 2.03 bits per heavy atom. The summed E-state index contributed by atoms with van der Waals surface area (Å²) in [6.45, 7) is 4.03. The summed E-state index contributed by atoms with van der Waals surface area (Å²) < 4.78 is 33.4. The first-order valence-electron chi connectivity index (χ1n) is 9.14. The number of pyridine rings is 3. The Morgan fingerprint density at radius 1 is 1.23 bits per heavy atom. The van der Waals surface area contributed by atoms with E-state index in [1.165, 1.54) is 19.2 Å². The Kier molecular flexibility index (Phi) is 6.20. The van der Waals surface area contributed by atoms with Crippen LogP contribution in [0.2, 0.25) is 0 Å². The van der Waals surface area contributed by atoms with E-state index >= 15 is 0 Å². The molecule has 3 heterocycles. The molecule has 0 saturated carbocycles. The van der Waals surface area contributed by atoms with Gasteiger partial charge in [-0.2, -0.15) is 8.78 Å². The molecule has 0 fully saturated rings. The zero-order valence-electron chi connectivity index (χ0n) is 16.7. The molecule has 0 atom stereocenters. The number of amides is 1. The molecule has 1 amide bonds. The molecule has 0 spiro atoms. The molecule has 3 rings (SSSR count). The van der Waals surface area contributed by atoms with E-state index in [0.29, 0.717) is 28.6 Å². The van der Waals surface area contributed by atoms with Crippen LogP contribution in [0.15, 0.2) is 48.9 Å². The highest BCUT2D eigenvalue weighted by molar-refractivity contribution is 5.88. The number of hydrogen-bond acceptors (Lipinski definition) is 6. The predicted octanol–water partition coefficient (Wildman–Crippen LogP) is 4.57. The van der Waals surface area contributed by atoms with Gasteiger partial charge in [-0.3, -0.25) is 14.8 Å². The SMILES string of the molecule is CC(=O)Nc1cc(Nc2cc(C)nc(C(C)(F)F)c2)c(OCc2cccnc2)cn1. The molecular formula is C21H21F2N5O2. The smallest absolute Gasteiger partial charge is 0.287 e. The molecule has 0 saturated heterocycles. The third-order valence-electron chi connectivity index (χ3n) is 3.97. The maximum Gasteiger partial charge on any atom is 0.287 e. The quantitative estimate of drug-likeness (QED) is 0.590. The van der Waals surface area contributed by atoms with E-state index in [2.05, 4.69) is 25.6 Å². The van der Waals surface area contributed by atoms with E-state index in [4.69, 9.17) is 4.74 Å². The fourth-order valence-electron chi connectivity index (χ4n) is 2.67. The number of carbonyl (C=O) groups excluding carboxylic acids is 1. The molecule has 9 heteroatoms. The van der Waals surface area contributed by atoms with Crippen molar-refractivity contribution in [2.45, 2.75) is 33.3 Å². The van der Waals surface area contributed by atoms with Crippen molar-refractivity contribution in [2.75, 3.05) is 10.6 Å². The third kappa shape index (κ3) is 5.69. The molecule has 0 aliphatic rings. The highest BCUT2D eigenvalue weighted by Gasteiger charge is 2.27. The van der Waals surface area contributed by atoms with Gasteiger partial charge in [-0.25, -0.2) is 4.98 Å². The lowest BCUT2D eigenvalue weighted by molar-refractivity contribution is -0.114. The average Bonchev–Trinajstić information content (AvgIpc) is 2.66. The Hall–Kier alpha value is -3.62. The average molecular weight is 413 g/mol. The number of anilines is 3. The van der Waals surface area contributed by atoms with Crippen molar-refractivity contribution in [3.63, 3.8) is 0 Å². The minimum Gasteiger partial charge on any atom is -0.485 e. The standard InChI is InChI=1S/C21H21F2N5O2/c1-13-7-16(8-19(26-13)21(3,22)23)28-17-9-20(27-14(2)29)25-11-18(17)30-12-15-5-4-6-24-10-15/h4-11H,12H2,1-3H3,(H2,25,26,27,28,29). The first kappa shape index (κ1) is 21.1. The third-order valence-corrected chi connectivity index (χ3v) is 3.97. The Bertz CT molecular complexity index is 1040. The van der Waals surface area contributed by atoms with Crippen molar-refractivity contribution >= 4 is 23.1 Å². The van der Waals surface area contributed by atoms with Crippen LogP contribution in [-0.2, 0) is 17.3 Å². The fourth-order valence-corrected chi connectivity index (χ4v) is 2.67. The maximum absolute atomic E-state index is 13.8. The summed E-state index contributed by atoms with van der Waals surface area (Å²) in [7, 11) is 0. The van der Waals surface area contributed by atoms with Crippen LogP contribution in [0.25, 0.3) is 0 Å². The molecular weight excluding hydrogens is 392 g/mol. The van der Waals surface area contributed by atoms with E-state index in [-0.39, 0.29) is 18.2 Å². The molecule has 3 aromatic rings. The second-order valence-corrected chi connectivity index (χ2v) is 6.79. The number of aryl methyl sites for hydroxylation is 1. The summed E-state index contributed by atoms with van der Waals surface area (Å²) in [6, 6.07) is 8.14. The van der Waals surface area contributed by atoms with Gasteiger partial charge in [0.05, 0.1) is 11.9 Å². The Balaban J connectivity index is 1.92. The summed E-state index contributed by atoms with van der Waals surface area (Å²) in [5.74, 6) is -2.69. The van der Waals surface area contributed by atoms with Crippen molar-refractivity contribution in [1.29, 1.82) is 0 Å². The molecule has 0 aromatic carbocycles. The van der Waals surface area contributed by atoms with Crippen LogP contribution in [0.4, 0.5) is 26.0 Å². The monoisotopic (exact) mass is 413 g/mol. The molecule has 0 radical (unpaired) electrons. The zero-order valence-corrected chi connectivity index (χ0v) is 16.7. The minimum atomic E-state index is -3.08. The summed E-state index contributed by atoms with van der Waals surface area (Å²) in [5, 5.41) is 5.66. The van der Waals surface area contributed by atoms with Crippen molar-refractivity contribution in [2.24, 2.45) is 0 Å². The van der Waals surface area contributed by atoms with Crippen LogP contribution in [0.3, 0.4) is 0 Å². The largest absolute Gasteiger partial charge is 0.485 e. The topological polar surface area (TPSA) is 89.0 Å². The number of ether oxygens (including phenoxy) is 1. The second kappa shape index (κ2) is 8.81. The fraction of sp³-hybridized carbons (Fsp3) is 0.238. The lowest BCUT2D eigenvalue weighted by atomic mass is 10.2. The number of rotatable bonds is 7. The maximum atomic E-state index is 13.8. The minimum absolute atomic E-state index is 0.233. The van der Waals surface area contributed by atoms with E-state index in [0.717, 1.165) is 12.5 Å². The highest BCUT2D eigenvalue weighted by atomic mass is 19.3. The van der Waals surface area contributed by atoms with Gasteiger partial charge in [-0.05, 0) is 25.1 Å². The van der Waals surface area contributed by atoms with Crippen LogP contribution in [0.1, 0.15) is 30.8 Å². The van der Waals surface area contributed by atoms with Gasteiger partial charge in [0.1, 0.15) is 18.1 Å². The van der Waals surface area contributed by atoms with E-state index < -0.39 is 5.92 Å². The first-order chi connectivity index (χ1) is 14.2. The molecule has 3 aromatic heterocycles. The summed E-state index contributed by atoms with van der Waals surface area (Å²) >= 11 is 0. The molecule has 0 bridgehead atoms. The lowest BCUT2D eigenvalue weighted by Crippen LogP contribution is -2.11. The lowest BCUT2D eigenvalue weighted by Gasteiger charge is -2.17. The number of halogens is 2. The van der Waals surface area contributed by atoms with Gasteiger partial charge in [0.25, 0.3) is 5.92 Å². The molecule has 0 aliphatic heterocycles. The number of nitrogens with one attached hydrogen (secondary N) is 2. The predicted molar refractivity (Wildman–Crippen MR) is 109 cm³/mol. The van der Waals surface area contributed by atoms with Crippen molar-refractivity contribution in [3.8, 4) is 5.75 Å². The molecule has 0 unspecified atom stereocenters. The van der Waals surface area contributed by atoms with E-state index in [1.54, 1.807) is 37.5 Å². The van der Waals surface area contributed by atoms with Crippen molar-refractivity contribution < 1.29 is 18.3 Å². The number of aromatic nitrogens is 3. The molecule has 2 N–H and O–H groups in total. The van der Waals surface area contributed by atoms with Gasteiger partial charge in [-0.15, -0.1) is 0 Å². The number of alkyl halides is 2. The molecule has 7 nitrogen and oxygen atoms in total.